The molecule has 0 bridgehead atoms. The topological polar surface area (TPSA) is 64.3 Å². The molecule has 136 valence electrons. The number of carbonyl (C=O) groups excluding carboxylic acids is 1. The Kier molecular flexibility index (Phi) is 8.20. The summed E-state index contributed by atoms with van der Waals surface area (Å²) in [6, 6.07) is 9.52. The Hall–Kier alpha value is -1.10. The summed E-state index contributed by atoms with van der Waals surface area (Å²) < 4.78 is 6.13. The van der Waals surface area contributed by atoms with Crippen LogP contribution in [-0.2, 0) is 15.1 Å². The highest BCUT2D eigenvalue weighted by Crippen LogP contribution is 2.31. The van der Waals surface area contributed by atoms with Crippen molar-refractivity contribution in [3.05, 3.63) is 35.9 Å². The summed E-state index contributed by atoms with van der Waals surface area (Å²) in [5.74, 6) is -0.145. The van der Waals surface area contributed by atoms with Crippen molar-refractivity contribution in [1.82, 2.24) is 5.32 Å². The molecule has 0 radical (unpaired) electrons. The molecule has 1 aromatic rings. The second-order valence-corrected chi connectivity index (χ2v) is 6.84. The van der Waals surface area contributed by atoms with Crippen LogP contribution in [0.5, 0.6) is 0 Å². The maximum Gasteiger partial charge on any atom is 0.244 e. The van der Waals surface area contributed by atoms with E-state index in [0.717, 1.165) is 44.3 Å². The second kappa shape index (κ2) is 9.40. The maximum absolute atomic E-state index is 12.6. The number of nitrogens with one attached hydrogen (secondary N) is 1. The molecule has 1 aliphatic carbocycles. The van der Waals surface area contributed by atoms with Crippen LogP contribution in [0.15, 0.2) is 30.3 Å². The summed E-state index contributed by atoms with van der Waals surface area (Å²) in [5.41, 5.74) is 5.87. The molecule has 1 aliphatic rings. The van der Waals surface area contributed by atoms with Crippen LogP contribution in [0.4, 0.5) is 0 Å². The average Bonchev–Trinajstić information content (AvgIpc) is 2.59. The Labute approximate surface area is 151 Å². The molecule has 1 fully saturated rings. The minimum atomic E-state index is -1.03. The van der Waals surface area contributed by atoms with Crippen molar-refractivity contribution >= 4 is 18.3 Å². The van der Waals surface area contributed by atoms with E-state index in [2.05, 4.69) is 12.2 Å². The van der Waals surface area contributed by atoms with Gasteiger partial charge in [-0.15, -0.1) is 12.4 Å². The normalized spacial score (nSPS) is 19.0. The van der Waals surface area contributed by atoms with Gasteiger partial charge in [0.05, 0.1) is 5.60 Å². The predicted octanol–water partition coefficient (Wildman–Crippen LogP) is 3.53. The number of halogens is 1. The van der Waals surface area contributed by atoms with Gasteiger partial charge in [0.25, 0.3) is 0 Å². The lowest BCUT2D eigenvalue weighted by Crippen LogP contribution is -2.54. The fourth-order valence-electron chi connectivity index (χ4n) is 3.23. The highest BCUT2D eigenvalue weighted by molar-refractivity contribution is 5.87. The third-order valence-electron chi connectivity index (χ3n) is 4.79. The fraction of sp³-hybridized carbons (Fsp3) is 0.632. The number of hydrogen-bond acceptors (Lipinski definition) is 3. The molecule has 0 aromatic heterocycles. The first-order valence-electron chi connectivity index (χ1n) is 8.77. The van der Waals surface area contributed by atoms with Crippen molar-refractivity contribution in [3.63, 3.8) is 0 Å². The number of hydrogen-bond donors (Lipinski definition) is 2. The average molecular weight is 355 g/mol. The zero-order chi connectivity index (χ0) is 16.8. The van der Waals surface area contributed by atoms with Gasteiger partial charge in [-0.25, -0.2) is 0 Å². The number of rotatable bonds is 7. The lowest BCUT2D eigenvalue weighted by molar-refractivity contribution is -0.129. The number of carbonyl (C=O) groups is 1. The van der Waals surface area contributed by atoms with Crippen LogP contribution >= 0.6 is 12.4 Å². The lowest BCUT2D eigenvalue weighted by Gasteiger charge is -2.38. The first kappa shape index (κ1) is 20.9. The van der Waals surface area contributed by atoms with Gasteiger partial charge in [0, 0.05) is 13.2 Å². The van der Waals surface area contributed by atoms with Gasteiger partial charge in [-0.2, -0.15) is 0 Å². The summed E-state index contributed by atoms with van der Waals surface area (Å²) in [5, 5.41) is 3.05. The summed E-state index contributed by atoms with van der Waals surface area (Å²) in [6.45, 7) is 5.17. The summed E-state index contributed by atoms with van der Waals surface area (Å²) in [7, 11) is 0. The van der Waals surface area contributed by atoms with Crippen molar-refractivity contribution < 1.29 is 9.53 Å². The highest BCUT2D eigenvalue weighted by atomic mass is 35.5. The summed E-state index contributed by atoms with van der Waals surface area (Å²) in [6.07, 6.45) is 6.61. The minimum Gasteiger partial charge on any atom is -0.373 e. The van der Waals surface area contributed by atoms with Crippen LogP contribution in [0.25, 0.3) is 0 Å². The fourth-order valence-corrected chi connectivity index (χ4v) is 3.23. The van der Waals surface area contributed by atoms with Gasteiger partial charge >= 0.3 is 0 Å². The van der Waals surface area contributed by atoms with E-state index in [0.29, 0.717) is 6.54 Å². The molecule has 1 atom stereocenters. The van der Waals surface area contributed by atoms with Crippen LogP contribution in [0.2, 0.25) is 0 Å². The third kappa shape index (κ3) is 5.20. The van der Waals surface area contributed by atoms with Gasteiger partial charge in [0.15, 0.2) is 0 Å². The summed E-state index contributed by atoms with van der Waals surface area (Å²) >= 11 is 0. The van der Waals surface area contributed by atoms with E-state index >= 15 is 0 Å². The molecule has 1 amide bonds. The molecule has 1 aromatic carbocycles. The highest BCUT2D eigenvalue weighted by Gasteiger charge is 2.36. The smallest absolute Gasteiger partial charge is 0.244 e. The van der Waals surface area contributed by atoms with Crippen molar-refractivity contribution in [2.24, 2.45) is 5.73 Å². The number of nitrogens with two attached hydrogens (primary N) is 1. The molecular weight excluding hydrogens is 324 g/mol. The van der Waals surface area contributed by atoms with E-state index in [4.69, 9.17) is 10.5 Å². The van der Waals surface area contributed by atoms with Gasteiger partial charge in [0.2, 0.25) is 5.91 Å². The Morgan fingerprint density at radius 3 is 2.46 bits per heavy atom. The molecule has 0 aliphatic heterocycles. The Bertz CT molecular complexity index is 499. The molecule has 24 heavy (non-hydrogen) atoms. The van der Waals surface area contributed by atoms with Gasteiger partial charge in [0.1, 0.15) is 5.54 Å². The molecule has 2 rings (SSSR count). The van der Waals surface area contributed by atoms with Gasteiger partial charge in [-0.1, -0.05) is 56.5 Å². The van der Waals surface area contributed by atoms with Crippen molar-refractivity contribution in [1.29, 1.82) is 0 Å². The molecule has 4 nitrogen and oxygen atoms in total. The zero-order valence-electron chi connectivity index (χ0n) is 14.8. The first-order chi connectivity index (χ1) is 11.0. The lowest BCUT2D eigenvalue weighted by atomic mass is 9.84. The molecule has 0 spiro atoms. The first-order valence-corrected chi connectivity index (χ1v) is 8.77. The monoisotopic (exact) mass is 354 g/mol. The van der Waals surface area contributed by atoms with Crippen LogP contribution in [-0.4, -0.2) is 24.7 Å². The molecule has 3 N–H and O–H groups in total. The standard InChI is InChI=1S/C19H30N2O2.ClH/c1-3-14-23-19(12-8-5-9-13-19)15-21-17(22)18(2,20)16-10-6-4-7-11-16;/h4,6-7,10-11H,3,5,8-9,12-15,20H2,1-2H3,(H,21,22);1H. The largest absolute Gasteiger partial charge is 0.373 e. The van der Waals surface area contributed by atoms with Crippen LogP contribution in [0.1, 0.15) is 57.9 Å². The van der Waals surface area contributed by atoms with Crippen LogP contribution < -0.4 is 11.1 Å². The molecule has 0 saturated heterocycles. The molecule has 0 heterocycles. The van der Waals surface area contributed by atoms with Crippen molar-refractivity contribution in [3.8, 4) is 0 Å². The van der Waals surface area contributed by atoms with Gasteiger partial charge in [-0.3, -0.25) is 4.79 Å². The quantitative estimate of drug-likeness (QED) is 0.787. The molecule has 1 unspecified atom stereocenters. The van der Waals surface area contributed by atoms with Crippen LogP contribution in [0.3, 0.4) is 0 Å². The Balaban J connectivity index is 0.00000288. The van der Waals surface area contributed by atoms with Crippen LogP contribution in [0, 0.1) is 0 Å². The van der Waals surface area contributed by atoms with Gasteiger partial charge in [-0.05, 0) is 31.7 Å². The van der Waals surface area contributed by atoms with E-state index in [1.165, 1.54) is 6.42 Å². The maximum atomic E-state index is 12.6. The van der Waals surface area contributed by atoms with E-state index in [1.54, 1.807) is 6.92 Å². The van der Waals surface area contributed by atoms with E-state index < -0.39 is 5.54 Å². The second-order valence-electron chi connectivity index (χ2n) is 6.84. The molecule has 1 saturated carbocycles. The Morgan fingerprint density at radius 1 is 1.25 bits per heavy atom. The van der Waals surface area contributed by atoms with Crippen molar-refractivity contribution in [2.75, 3.05) is 13.2 Å². The van der Waals surface area contributed by atoms with Gasteiger partial charge < -0.3 is 15.8 Å². The predicted molar refractivity (Wildman–Crippen MR) is 100 cm³/mol. The van der Waals surface area contributed by atoms with E-state index in [9.17, 15) is 4.79 Å². The number of amides is 1. The molecule has 5 heteroatoms. The van der Waals surface area contributed by atoms with E-state index in [-0.39, 0.29) is 23.9 Å². The summed E-state index contributed by atoms with van der Waals surface area (Å²) in [4.78, 5) is 12.6. The minimum absolute atomic E-state index is 0. The van der Waals surface area contributed by atoms with Crippen molar-refractivity contribution in [2.45, 2.75) is 63.5 Å². The van der Waals surface area contributed by atoms with E-state index in [1.807, 2.05) is 30.3 Å². The number of ether oxygens (including phenoxy) is 1. The number of benzene rings is 1. The third-order valence-corrected chi connectivity index (χ3v) is 4.79. The zero-order valence-corrected chi connectivity index (χ0v) is 15.7. The SMILES string of the molecule is CCCOC1(CNC(=O)C(C)(N)c2ccccc2)CCCCC1.Cl. The Morgan fingerprint density at radius 2 is 1.88 bits per heavy atom. The molecular formula is C19H31ClN2O2.